The van der Waals surface area contributed by atoms with Gasteiger partial charge in [-0.05, 0) is 36.4 Å². The molecule has 0 fully saturated rings. The Kier molecular flexibility index (Phi) is 5.58. The molecule has 2 aromatic carbocycles. The maximum Gasteiger partial charge on any atom is 0.252 e. The minimum Gasteiger partial charge on any atom is -0.352 e. The molecule has 0 aliphatic rings. The van der Waals surface area contributed by atoms with E-state index < -0.39 is 0 Å². The number of benzene rings is 2. The van der Waals surface area contributed by atoms with Crippen molar-refractivity contribution in [3.05, 3.63) is 66.0 Å². The fraction of sp³-hybridized carbons (Fsp3) is 0.238. The van der Waals surface area contributed by atoms with Crippen LogP contribution in [0.3, 0.4) is 0 Å². The average molecular weight is 352 g/mol. The summed E-state index contributed by atoms with van der Waals surface area (Å²) in [5.41, 5.74) is 2.78. The van der Waals surface area contributed by atoms with Gasteiger partial charge in [0.15, 0.2) is 0 Å². The minimum atomic E-state index is -0.296. The molecule has 2 N–H and O–H groups in total. The summed E-state index contributed by atoms with van der Waals surface area (Å²) < 4.78 is 13.2. The number of nitrogens with one attached hydrogen (secondary N) is 2. The van der Waals surface area contributed by atoms with Crippen molar-refractivity contribution < 1.29 is 14.1 Å². The van der Waals surface area contributed by atoms with Gasteiger partial charge >= 0.3 is 0 Å². The smallest absolute Gasteiger partial charge is 0.252 e. The van der Waals surface area contributed by atoms with Gasteiger partial charge in [-0.3, -0.25) is 4.79 Å². The van der Waals surface area contributed by atoms with Crippen molar-refractivity contribution in [3.63, 3.8) is 0 Å². The van der Waals surface area contributed by atoms with Crippen molar-refractivity contribution in [3.8, 4) is 11.3 Å². The zero-order chi connectivity index (χ0) is 18.5. The van der Waals surface area contributed by atoms with Crippen molar-refractivity contribution in [2.24, 2.45) is 0 Å². The molecule has 0 aliphatic carbocycles. The van der Waals surface area contributed by atoms with Crippen LogP contribution in [0.25, 0.3) is 22.2 Å². The first-order chi connectivity index (χ1) is 12.5. The number of hydrogen-bond donors (Lipinski definition) is 2. The highest BCUT2D eigenvalue weighted by Crippen LogP contribution is 2.25. The molecule has 0 saturated carbocycles. The predicted octanol–water partition coefficient (Wildman–Crippen LogP) is 2.31. The molecule has 4 nitrogen and oxygen atoms in total. The number of rotatable bonds is 6. The van der Waals surface area contributed by atoms with Crippen LogP contribution in [0.2, 0.25) is 0 Å². The summed E-state index contributed by atoms with van der Waals surface area (Å²) in [6.07, 6.45) is 0.919. The first-order valence-corrected chi connectivity index (χ1v) is 8.77. The number of hydrogen-bond acceptors (Lipinski definition) is 2. The lowest BCUT2D eigenvalue weighted by atomic mass is 10.0. The van der Waals surface area contributed by atoms with E-state index >= 15 is 0 Å². The molecule has 0 bridgehead atoms. The molecule has 5 heteroatoms. The fourth-order valence-electron chi connectivity index (χ4n) is 2.87. The van der Waals surface area contributed by atoms with E-state index in [9.17, 15) is 9.18 Å². The Morgan fingerprint density at radius 2 is 1.85 bits per heavy atom. The van der Waals surface area contributed by atoms with E-state index in [0.717, 1.165) is 29.4 Å². The van der Waals surface area contributed by atoms with E-state index in [1.54, 1.807) is 18.2 Å². The number of halogens is 1. The second-order valence-corrected chi connectivity index (χ2v) is 6.65. The predicted molar refractivity (Wildman–Crippen MR) is 102 cm³/mol. The van der Waals surface area contributed by atoms with E-state index in [-0.39, 0.29) is 11.7 Å². The quantitative estimate of drug-likeness (QED) is 0.669. The molecule has 3 rings (SSSR count). The highest BCUT2D eigenvalue weighted by molar-refractivity contribution is 6.07. The minimum absolute atomic E-state index is 0.110. The molecule has 0 aliphatic heterocycles. The van der Waals surface area contributed by atoms with Crippen LogP contribution in [-0.2, 0) is 0 Å². The number of fused-ring (bicyclic) bond motifs is 1. The van der Waals surface area contributed by atoms with Gasteiger partial charge in [-0.1, -0.05) is 18.2 Å². The van der Waals surface area contributed by atoms with Gasteiger partial charge in [0.1, 0.15) is 5.82 Å². The average Bonchev–Trinajstić information content (AvgIpc) is 2.64. The van der Waals surface area contributed by atoms with Gasteiger partial charge in [-0.2, -0.15) is 0 Å². The number of nitrogens with zero attached hydrogens (tertiary/aromatic N) is 1. The molecule has 1 aromatic heterocycles. The second kappa shape index (κ2) is 8.06. The molecule has 26 heavy (non-hydrogen) atoms. The zero-order valence-electron chi connectivity index (χ0n) is 15.1. The van der Waals surface area contributed by atoms with Crippen LogP contribution in [0, 0.1) is 5.82 Å². The Bertz CT molecular complexity index is 907. The van der Waals surface area contributed by atoms with E-state index in [0.29, 0.717) is 17.8 Å². The van der Waals surface area contributed by atoms with Crippen LogP contribution in [0.4, 0.5) is 4.39 Å². The topological polar surface area (TPSA) is 46.4 Å². The molecule has 3 aromatic rings. The Morgan fingerprint density at radius 1 is 1.12 bits per heavy atom. The third-order valence-corrected chi connectivity index (χ3v) is 4.24. The lowest BCUT2D eigenvalue weighted by molar-refractivity contribution is -0.858. The third-order valence-electron chi connectivity index (χ3n) is 4.24. The van der Waals surface area contributed by atoms with Gasteiger partial charge in [0.2, 0.25) is 0 Å². The maximum absolute atomic E-state index is 13.2. The van der Waals surface area contributed by atoms with Gasteiger partial charge in [-0.25, -0.2) is 9.37 Å². The SMILES string of the molecule is C[NH+](C)CCCNC(=O)c1cc(-c2ccc(F)cc2)nc2ccccc12. The Morgan fingerprint density at radius 3 is 2.58 bits per heavy atom. The monoisotopic (exact) mass is 352 g/mol. The van der Waals surface area contributed by atoms with Gasteiger partial charge in [0.25, 0.3) is 5.91 Å². The highest BCUT2D eigenvalue weighted by atomic mass is 19.1. The molecule has 1 amide bonds. The first kappa shape index (κ1) is 18.0. The number of carbonyl (C=O) groups is 1. The lowest BCUT2D eigenvalue weighted by Gasteiger charge is -2.11. The summed E-state index contributed by atoms with van der Waals surface area (Å²) in [7, 11) is 4.18. The molecule has 0 saturated heterocycles. The van der Waals surface area contributed by atoms with Crippen LogP contribution >= 0.6 is 0 Å². The lowest BCUT2D eigenvalue weighted by Crippen LogP contribution is -3.05. The Balaban J connectivity index is 1.92. The number of para-hydroxylation sites is 1. The summed E-state index contributed by atoms with van der Waals surface area (Å²) >= 11 is 0. The number of carbonyl (C=O) groups excluding carboxylic acids is 1. The van der Waals surface area contributed by atoms with E-state index in [1.165, 1.54) is 17.0 Å². The maximum atomic E-state index is 13.2. The number of aromatic nitrogens is 1. The molecule has 0 radical (unpaired) electrons. The van der Waals surface area contributed by atoms with Gasteiger partial charge in [0.05, 0.1) is 37.4 Å². The molecule has 0 atom stereocenters. The third kappa shape index (κ3) is 4.24. The van der Waals surface area contributed by atoms with Crippen molar-refractivity contribution in [2.45, 2.75) is 6.42 Å². The van der Waals surface area contributed by atoms with E-state index in [1.807, 2.05) is 24.3 Å². The summed E-state index contributed by atoms with van der Waals surface area (Å²) in [6.45, 7) is 1.63. The molecule has 0 unspecified atom stereocenters. The number of amides is 1. The van der Waals surface area contributed by atoms with Gasteiger partial charge in [0, 0.05) is 23.9 Å². The van der Waals surface area contributed by atoms with Crippen LogP contribution in [0.1, 0.15) is 16.8 Å². The van der Waals surface area contributed by atoms with Crippen molar-refractivity contribution in [1.82, 2.24) is 10.3 Å². The first-order valence-electron chi connectivity index (χ1n) is 8.77. The molecular weight excluding hydrogens is 329 g/mol. The molecule has 134 valence electrons. The number of quaternary nitrogens is 1. The zero-order valence-corrected chi connectivity index (χ0v) is 15.1. The van der Waals surface area contributed by atoms with Crippen LogP contribution in [-0.4, -0.2) is 38.1 Å². The van der Waals surface area contributed by atoms with Crippen LogP contribution < -0.4 is 10.2 Å². The normalized spacial score (nSPS) is 11.1. The molecule has 0 spiro atoms. The van der Waals surface area contributed by atoms with Crippen LogP contribution in [0.5, 0.6) is 0 Å². The molecule has 1 heterocycles. The highest BCUT2D eigenvalue weighted by Gasteiger charge is 2.13. The summed E-state index contributed by atoms with van der Waals surface area (Å²) in [5.74, 6) is -0.406. The van der Waals surface area contributed by atoms with E-state index in [2.05, 4.69) is 24.4 Å². The summed E-state index contributed by atoms with van der Waals surface area (Å²) in [4.78, 5) is 18.7. The van der Waals surface area contributed by atoms with Crippen molar-refractivity contribution in [1.29, 1.82) is 0 Å². The summed E-state index contributed by atoms with van der Waals surface area (Å²) in [6, 6.07) is 15.5. The Hall–Kier alpha value is -2.79. The van der Waals surface area contributed by atoms with Crippen molar-refractivity contribution in [2.75, 3.05) is 27.2 Å². The fourth-order valence-corrected chi connectivity index (χ4v) is 2.87. The van der Waals surface area contributed by atoms with E-state index in [4.69, 9.17) is 0 Å². The second-order valence-electron chi connectivity index (χ2n) is 6.65. The summed E-state index contributed by atoms with van der Waals surface area (Å²) in [5, 5.41) is 3.81. The standard InChI is InChI=1S/C21H22FN3O/c1-25(2)13-5-12-23-21(26)18-14-20(15-8-10-16(22)11-9-15)24-19-7-4-3-6-17(18)19/h3-4,6-11,14H,5,12-13H2,1-2H3,(H,23,26)/p+1. The van der Waals surface area contributed by atoms with Crippen molar-refractivity contribution >= 4 is 16.8 Å². The number of pyridine rings is 1. The largest absolute Gasteiger partial charge is 0.352 e. The van der Waals surface area contributed by atoms with Gasteiger partial charge < -0.3 is 10.2 Å². The Labute approximate surface area is 152 Å². The molecular formula is C21H23FN3O+. The van der Waals surface area contributed by atoms with Crippen LogP contribution in [0.15, 0.2) is 54.6 Å². The van der Waals surface area contributed by atoms with Gasteiger partial charge in [-0.15, -0.1) is 0 Å².